The van der Waals surface area contributed by atoms with Crippen molar-refractivity contribution < 1.29 is 9.59 Å². The van der Waals surface area contributed by atoms with Gasteiger partial charge in [0.2, 0.25) is 5.91 Å². The second-order valence-corrected chi connectivity index (χ2v) is 5.89. The van der Waals surface area contributed by atoms with Crippen LogP contribution in [0.15, 0.2) is 53.4 Å². The second-order valence-electron chi connectivity index (χ2n) is 5.04. The van der Waals surface area contributed by atoms with Crippen molar-refractivity contribution in [1.82, 2.24) is 0 Å². The van der Waals surface area contributed by atoms with E-state index in [-0.39, 0.29) is 24.5 Å². The van der Waals surface area contributed by atoms with Gasteiger partial charge in [-0.2, -0.15) is 0 Å². The number of anilines is 1. The molecule has 0 heterocycles. The summed E-state index contributed by atoms with van der Waals surface area (Å²) in [6.07, 6.45) is 2.37. The van der Waals surface area contributed by atoms with Gasteiger partial charge in [0.25, 0.3) is 0 Å². The van der Waals surface area contributed by atoms with E-state index in [9.17, 15) is 9.59 Å². The number of thioether (sulfide) groups is 1. The highest BCUT2D eigenvalue weighted by Crippen LogP contribution is 2.24. The molecule has 0 spiro atoms. The van der Waals surface area contributed by atoms with Crippen LogP contribution in [0.4, 0.5) is 5.69 Å². The van der Waals surface area contributed by atoms with Gasteiger partial charge < -0.3 is 5.32 Å². The molecule has 3 nitrogen and oxygen atoms in total. The van der Waals surface area contributed by atoms with Crippen molar-refractivity contribution in [3.05, 3.63) is 59.7 Å². The molecular formula is C18H19NO2S. The maximum absolute atomic E-state index is 12.1. The van der Waals surface area contributed by atoms with E-state index >= 15 is 0 Å². The van der Waals surface area contributed by atoms with Crippen LogP contribution in [0.3, 0.4) is 0 Å². The van der Waals surface area contributed by atoms with E-state index in [0.717, 1.165) is 16.1 Å². The average molecular weight is 313 g/mol. The van der Waals surface area contributed by atoms with Crippen molar-refractivity contribution >= 4 is 29.1 Å². The molecule has 22 heavy (non-hydrogen) atoms. The van der Waals surface area contributed by atoms with Gasteiger partial charge in [-0.05, 0) is 25.3 Å². The Hall–Kier alpha value is -2.07. The largest absolute Gasteiger partial charge is 0.325 e. The number of amides is 1. The predicted octanol–water partition coefficient (Wildman–Crippen LogP) is 4.32. The highest BCUT2D eigenvalue weighted by Gasteiger charge is 2.10. The van der Waals surface area contributed by atoms with Gasteiger partial charge in [0.05, 0.1) is 5.69 Å². The molecule has 0 atom stereocenters. The number of carbonyl (C=O) groups is 2. The lowest BCUT2D eigenvalue weighted by atomic mass is 10.0. The minimum atomic E-state index is -0.137. The maximum atomic E-state index is 12.1. The van der Waals surface area contributed by atoms with Crippen LogP contribution in [0, 0.1) is 6.92 Å². The molecule has 0 aliphatic heterocycles. The summed E-state index contributed by atoms with van der Waals surface area (Å²) in [5.74, 6) is -0.143. The Morgan fingerprint density at radius 1 is 1.00 bits per heavy atom. The summed E-state index contributed by atoms with van der Waals surface area (Å²) in [6.45, 7) is 1.98. The zero-order valence-electron chi connectivity index (χ0n) is 12.8. The SMILES string of the molecule is CSc1ccccc1NC(=O)CCC(=O)c1ccc(C)cc1. The molecule has 0 radical (unpaired) electrons. The molecule has 2 aromatic rings. The molecule has 0 fully saturated rings. The Balaban J connectivity index is 1.90. The van der Waals surface area contributed by atoms with Crippen molar-refractivity contribution in [3.8, 4) is 0 Å². The molecule has 0 aromatic heterocycles. The van der Waals surface area contributed by atoms with E-state index in [1.54, 1.807) is 23.9 Å². The van der Waals surface area contributed by atoms with E-state index in [0.29, 0.717) is 5.56 Å². The smallest absolute Gasteiger partial charge is 0.224 e. The third-order valence-corrected chi connectivity index (χ3v) is 4.13. The van der Waals surface area contributed by atoms with Crippen LogP contribution in [0.2, 0.25) is 0 Å². The second kappa shape index (κ2) is 7.80. The summed E-state index contributed by atoms with van der Waals surface area (Å²) >= 11 is 1.58. The van der Waals surface area contributed by atoms with E-state index in [2.05, 4.69) is 5.32 Å². The lowest BCUT2D eigenvalue weighted by molar-refractivity contribution is -0.116. The minimum absolute atomic E-state index is 0.00620. The molecule has 114 valence electrons. The number of benzene rings is 2. The van der Waals surface area contributed by atoms with Crippen molar-refractivity contribution in [1.29, 1.82) is 0 Å². The van der Waals surface area contributed by atoms with Crippen molar-refractivity contribution in [3.63, 3.8) is 0 Å². The van der Waals surface area contributed by atoms with E-state index in [4.69, 9.17) is 0 Å². The van der Waals surface area contributed by atoms with Gasteiger partial charge in [-0.3, -0.25) is 9.59 Å². The summed E-state index contributed by atoms with van der Waals surface area (Å²) in [5, 5.41) is 2.87. The molecule has 1 amide bonds. The molecule has 4 heteroatoms. The molecule has 0 saturated heterocycles. The quantitative estimate of drug-likeness (QED) is 0.638. The molecule has 0 saturated carbocycles. The van der Waals surface area contributed by atoms with Crippen LogP contribution in [-0.2, 0) is 4.79 Å². The predicted molar refractivity (Wildman–Crippen MR) is 91.6 cm³/mol. The number of rotatable bonds is 6. The topological polar surface area (TPSA) is 46.2 Å². The molecule has 2 aromatic carbocycles. The fraction of sp³-hybridized carbons (Fsp3) is 0.222. The number of nitrogens with one attached hydrogen (secondary N) is 1. The van der Waals surface area contributed by atoms with Crippen LogP contribution in [0.1, 0.15) is 28.8 Å². The van der Waals surface area contributed by atoms with Crippen molar-refractivity contribution in [2.45, 2.75) is 24.7 Å². The first-order valence-corrected chi connectivity index (χ1v) is 8.35. The standard InChI is InChI=1S/C18H19NO2S/c1-13-7-9-14(10-8-13)16(20)11-12-18(21)19-15-5-3-4-6-17(15)22-2/h3-10H,11-12H2,1-2H3,(H,19,21). The first-order chi connectivity index (χ1) is 10.6. The van der Waals surface area contributed by atoms with Gasteiger partial charge in [-0.15, -0.1) is 11.8 Å². The Morgan fingerprint density at radius 3 is 2.36 bits per heavy atom. The number of para-hydroxylation sites is 1. The van der Waals surface area contributed by atoms with E-state index in [1.807, 2.05) is 49.6 Å². The lowest BCUT2D eigenvalue weighted by Gasteiger charge is -2.09. The zero-order valence-corrected chi connectivity index (χ0v) is 13.6. The van der Waals surface area contributed by atoms with Gasteiger partial charge in [0.15, 0.2) is 5.78 Å². The molecule has 2 rings (SSSR count). The highest BCUT2D eigenvalue weighted by atomic mass is 32.2. The summed E-state index contributed by atoms with van der Waals surface area (Å²) in [6, 6.07) is 15.1. The summed E-state index contributed by atoms with van der Waals surface area (Å²) < 4.78 is 0. The Kier molecular flexibility index (Phi) is 5.78. The van der Waals surface area contributed by atoms with Crippen molar-refractivity contribution in [2.24, 2.45) is 0 Å². The van der Waals surface area contributed by atoms with Crippen LogP contribution >= 0.6 is 11.8 Å². The van der Waals surface area contributed by atoms with Crippen LogP contribution in [0.25, 0.3) is 0 Å². The third kappa shape index (κ3) is 4.46. The van der Waals surface area contributed by atoms with Gasteiger partial charge >= 0.3 is 0 Å². The van der Waals surface area contributed by atoms with Crippen LogP contribution in [-0.4, -0.2) is 17.9 Å². The molecule has 1 N–H and O–H groups in total. The summed E-state index contributed by atoms with van der Waals surface area (Å²) in [4.78, 5) is 25.1. The van der Waals surface area contributed by atoms with Gasteiger partial charge in [0, 0.05) is 23.3 Å². The highest BCUT2D eigenvalue weighted by molar-refractivity contribution is 7.98. The summed E-state index contributed by atoms with van der Waals surface area (Å²) in [5.41, 5.74) is 2.56. The minimum Gasteiger partial charge on any atom is -0.325 e. The molecular weight excluding hydrogens is 294 g/mol. The number of ketones is 1. The lowest BCUT2D eigenvalue weighted by Crippen LogP contribution is -2.14. The van der Waals surface area contributed by atoms with Crippen LogP contribution in [0.5, 0.6) is 0 Å². The zero-order chi connectivity index (χ0) is 15.9. The van der Waals surface area contributed by atoms with Gasteiger partial charge in [-0.25, -0.2) is 0 Å². The number of hydrogen-bond donors (Lipinski definition) is 1. The molecule has 0 aliphatic carbocycles. The first-order valence-electron chi connectivity index (χ1n) is 7.13. The maximum Gasteiger partial charge on any atom is 0.224 e. The summed E-state index contributed by atoms with van der Waals surface area (Å²) in [7, 11) is 0. The fourth-order valence-corrected chi connectivity index (χ4v) is 2.63. The number of Topliss-reactive ketones (excluding diaryl/α,β-unsaturated/α-hetero) is 1. The van der Waals surface area contributed by atoms with E-state index in [1.165, 1.54) is 0 Å². The fourth-order valence-electron chi connectivity index (χ4n) is 2.07. The molecule has 0 bridgehead atoms. The number of aryl methyl sites for hydroxylation is 1. The Morgan fingerprint density at radius 2 is 1.68 bits per heavy atom. The van der Waals surface area contributed by atoms with Crippen molar-refractivity contribution in [2.75, 3.05) is 11.6 Å². The third-order valence-electron chi connectivity index (χ3n) is 3.33. The number of carbonyl (C=O) groups excluding carboxylic acids is 2. The Labute approximate surface area is 135 Å². The average Bonchev–Trinajstić information content (AvgIpc) is 2.54. The Bertz CT molecular complexity index is 665. The number of hydrogen-bond acceptors (Lipinski definition) is 3. The molecule has 0 unspecified atom stereocenters. The first kappa shape index (κ1) is 16.3. The van der Waals surface area contributed by atoms with Gasteiger partial charge in [-0.1, -0.05) is 42.0 Å². The monoisotopic (exact) mass is 313 g/mol. The molecule has 0 aliphatic rings. The normalized spacial score (nSPS) is 10.3. The van der Waals surface area contributed by atoms with Gasteiger partial charge in [0.1, 0.15) is 0 Å². The van der Waals surface area contributed by atoms with E-state index < -0.39 is 0 Å². The van der Waals surface area contributed by atoms with Crippen LogP contribution < -0.4 is 5.32 Å².